The Morgan fingerprint density at radius 3 is 2.26 bits per heavy atom. The second-order valence-electron chi connectivity index (χ2n) is 5.32. The van der Waals surface area contributed by atoms with Crippen molar-refractivity contribution >= 4 is 7.60 Å². The van der Waals surface area contributed by atoms with E-state index in [1.807, 2.05) is 13.8 Å². The summed E-state index contributed by atoms with van der Waals surface area (Å²) in [5, 5.41) is 10.2. The van der Waals surface area contributed by atoms with Crippen LogP contribution in [0, 0.1) is 0 Å². The Bertz CT molecular complexity index is 319. The van der Waals surface area contributed by atoms with Crippen molar-refractivity contribution in [3.63, 3.8) is 0 Å². The molecule has 1 saturated heterocycles. The first kappa shape index (κ1) is 17.1. The van der Waals surface area contributed by atoms with Crippen LogP contribution >= 0.6 is 7.60 Å². The van der Waals surface area contributed by atoms with Crippen LogP contribution in [0.3, 0.4) is 0 Å². The van der Waals surface area contributed by atoms with Gasteiger partial charge in [-0.3, -0.25) is 4.57 Å². The van der Waals surface area contributed by atoms with Gasteiger partial charge < -0.3 is 23.6 Å². The molecule has 0 aromatic rings. The Morgan fingerprint density at radius 2 is 1.74 bits per heavy atom. The third-order valence-corrected chi connectivity index (χ3v) is 3.96. The van der Waals surface area contributed by atoms with Gasteiger partial charge in [0.15, 0.2) is 0 Å². The van der Waals surface area contributed by atoms with Crippen molar-refractivity contribution in [2.45, 2.75) is 58.2 Å². The highest BCUT2D eigenvalue weighted by molar-refractivity contribution is 7.53. The van der Waals surface area contributed by atoms with Gasteiger partial charge in [0.05, 0.1) is 25.4 Å². The lowest BCUT2D eigenvalue weighted by Crippen LogP contribution is -2.50. The van der Waals surface area contributed by atoms with Crippen molar-refractivity contribution < 1.29 is 28.2 Å². The standard InChI is InChI=1S/C12H25O6P/c1-8(2)16-10-6-15-7-11(12(10)13)18-19(5,14)17-9(3)4/h8-13H,6-7H2,1-5H3. The Hall–Kier alpha value is 0.0300. The van der Waals surface area contributed by atoms with Gasteiger partial charge in [0.25, 0.3) is 0 Å². The highest BCUT2D eigenvalue weighted by Crippen LogP contribution is 2.47. The number of rotatable bonds is 6. The van der Waals surface area contributed by atoms with Crippen LogP contribution < -0.4 is 0 Å². The Morgan fingerprint density at radius 1 is 1.16 bits per heavy atom. The van der Waals surface area contributed by atoms with E-state index in [1.54, 1.807) is 13.8 Å². The maximum Gasteiger partial charge on any atom is 0.328 e. The fourth-order valence-corrected chi connectivity index (χ4v) is 3.45. The molecule has 0 spiro atoms. The van der Waals surface area contributed by atoms with Crippen molar-refractivity contribution in [2.75, 3.05) is 19.9 Å². The van der Waals surface area contributed by atoms with E-state index in [-0.39, 0.29) is 18.8 Å². The van der Waals surface area contributed by atoms with E-state index in [1.165, 1.54) is 6.66 Å². The first-order chi connectivity index (χ1) is 8.71. The van der Waals surface area contributed by atoms with Gasteiger partial charge in [0.1, 0.15) is 18.3 Å². The summed E-state index contributed by atoms with van der Waals surface area (Å²) in [6, 6.07) is 0. The molecule has 0 bridgehead atoms. The molecule has 0 aromatic carbocycles. The van der Waals surface area contributed by atoms with E-state index in [2.05, 4.69) is 0 Å². The van der Waals surface area contributed by atoms with E-state index in [0.717, 1.165) is 0 Å². The van der Waals surface area contributed by atoms with Crippen LogP contribution in [-0.4, -0.2) is 55.5 Å². The van der Waals surface area contributed by atoms with E-state index < -0.39 is 25.9 Å². The highest BCUT2D eigenvalue weighted by Gasteiger charge is 2.38. The molecule has 0 amide bonds. The quantitative estimate of drug-likeness (QED) is 0.753. The number of hydrogen-bond acceptors (Lipinski definition) is 6. The minimum Gasteiger partial charge on any atom is -0.387 e. The van der Waals surface area contributed by atoms with Crippen LogP contribution in [0.15, 0.2) is 0 Å². The van der Waals surface area contributed by atoms with Gasteiger partial charge in [0.2, 0.25) is 0 Å². The predicted octanol–water partition coefficient (Wildman–Crippen LogP) is 1.80. The second-order valence-corrected chi connectivity index (χ2v) is 7.28. The number of ether oxygens (including phenoxy) is 2. The molecule has 1 aliphatic heterocycles. The molecule has 4 atom stereocenters. The summed E-state index contributed by atoms with van der Waals surface area (Å²) in [5.41, 5.74) is 0. The van der Waals surface area contributed by atoms with Gasteiger partial charge in [-0.2, -0.15) is 0 Å². The minimum atomic E-state index is -3.21. The smallest absolute Gasteiger partial charge is 0.328 e. The van der Waals surface area contributed by atoms with E-state index in [9.17, 15) is 9.67 Å². The van der Waals surface area contributed by atoms with E-state index >= 15 is 0 Å². The first-order valence-corrected chi connectivity index (χ1v) is 8.56. The van der Waals surface area contributed by atoms with Crippen LogP contribution in [0.4, 0.5) is 0 Å². The van der Waals surface area contributed by atoms with E-state index in [4.69, 9.17) is 18.5 Å². The summed E-state index contributed by atoms with van der Waals surface area (Å²) in [6.45, 7) is 9.19. The number of hydrogen-bond donors (Lipinski definition) is 1. The molecule has 1 rings (SSSR count). The molecule has 0 aliphatic carbocycles. The third kappa shape index (κ3) is 5.90. The van der Waals surface area contributed by atoms with Gasteiger partial charge in [-0.25, -0.2) is 0 Å². The molecule has 114 valence electrons. The minimum absolute atomic E-state index is 0.0256. The van der Waals surface area contributed by atoms with Crippen LogP contribution in [0.2, 0.25) is 0 Å². The summed E-state index contributed by atoms with van der Waals surface area (Å²) in [6.07, 6.45) is -2.28. The van der Waals surface area contributed by atoms with Crippen LogP contribution in [0.25, 0.3) is 0 Å². The molecule has 0 radical (unpaired) electrons. The zero-order valence-electron chi connectivity index (χ0n) is 12.2. The lowest BCUT2D eigenvalue weighted by atomic mass is 10.1. The predicted molar refractivity (Wildman–Crippen MR) is 71.5 cm³/mol. The molecule has 1 N–H and O–H groups in total. The van der Waals surface area contributed by atoms with Crippen molar-refractivity contribution in [3.8, 4) is 0 Å². The Balaban J connectivity index is 2.60. The van der Waals surface area contributed by atoms with Gasteiger partial charge in [-0.15, -0.1) is 0 Å². The lowest BCUT2D eigenvalue weighted by Gasteiger charge is -2.36. The molecule has 19 heavy (non-hydrogen) atoms. The lowest BCUT2D eigenvalue weighted by molar-refractivity contribution is -0.175. The molecule has 1 aliphatic rings. The third-order valence-electron chi connectivity index (χ3n) is 2.50. The molecule has 7 heteroatoms. The van der Waals surface area contributed by atoms with Crippen molar-refractivity contribution in [2.24, 2.45) is 0 Å². The molecular formula is C12H25O6P. The molecule has 1 heterocycles. The molecule has 0 aromatic heterocycles. The highest BCUT2D eigenvalue weighted by atomic mass is 31.2. The summed E-state index contributed by atoms with van der Waals surface area (Å²) in [4.78, 5) is 0. The molecular weight excluding hydrogens is 271 g/mol. The summed E-state index contributed by atoms with van der Waals surface area (Å²) in [7, 11) is -3.21. The van der Waals surface area contributed by atoms with E-state index in [0.29, 0.717) is 6.61 Å². The SMILES string of the molecule is CC(C)OC1COCC(OP(C)(=O)OC(C)C)C1O. The average molecular weight is 296 g/mol. The Labute approximate surface area is 114 Å². The van der Waals surface area contributed by atoms with Crippen LogP contribution in [-0.2, 0) is 23.1 Å². The maximum atomic E-state index is 12.1. The molecule has 4 unspecified atom stereocenters. The fraction of sp³-hybridized carbons (Fsp3) is 1.00. The summed E-state index contributed by atoms with van der Waals surface area (Å²) >= 11 is 0. The second kappa shape index (κ2) is 7.16. The normalized spacial score (nSPS) is 31.7. The zero-order chi connectivity index (χ0) is 14.6. The number of aliphatic hydroxyl groups excluding tert-OH is 1. The van der Waals surface area contributed by atoms with Gasteiger partial charge >= 0.3 is 7.60 Å². The Kier molecular flexibility index (Phi) is 6.43. The molecule has 0 saturated carbocycles. The van der Waals surface area contributed by atoms with Gasteiger partial charge in [-0.05, 0) is 27.7 Å². The molecule has 6 nitrogen and oxygen atoms in total. The topological polar surface area (TPSA) is 74.2 Å². The monoisotopic (exact) mass is 296 g/mol. The summed E-state index contributed by atoms with van der Waals surface area (Å²) in [5.74, 6) is 0. The van der Waals surface area contributed by atoms with Crippen molar-refractivity contribution in [3.05, 3.63) is 0 Å². The molecule has 1 fully saturated rings. The number of aliphatic hydroxyl groups is 1. The maximum absolute atomic E-state index is 12.1. The summed E-state index contributed by atoms with van der Waals surface area (Å²) < 4.78 is 33.6. The van der Waals surface area contributed by atoms with Crippen molar-refractivity contribution in [1.29, 1.82) is 0 Å². The first-order valence-electron chi connectivity index (χ1n) is 6.57. The van der Waals surface area contributed by atoms with Crippen LogP contribution in [0.1, 0.15) is 27.7 Å². The van der Waals surface area contributed by atoms with Crippen molar-refractivity contribution in [1.82, 2.24) is 0 Å². The van der Waals surface area contributed by atoms with Gasteiger partial charge in [-0.1, -0.05) is 0 Å². The zero-order valence-corrected chi connectivity index (χ0v) is 13.1. The van der Waals surface area contributed by atoms with Crippen LogP contribution in [0.5, 0.6) is 0 Å². The largest absolute Gasteiger partial charge is 0.387 e. The fourth-order valence-electron chi connectivity index (χ4n) is 1.95. The van der Waals surface area contributed by atoms with Gasteiger partial charge in [0, 0.05) is 6.66 Å². The average Bonchev–Trinajstić information content (AvgIpc) is 2.21.